The van der Waals surface area contributed by atoms with Crippen molar-refractivity contribution in [2.75, 3.05) is 26.3 Å². The van der Waals surface area contributed by atoms with Crippen LogP contribution in [0.3, 0.4) is 0 Å². The molecule has 1 fully saturated rings. The summed E-state index contributed by atoms with van der Waals surface area (Å²) in [7, 11) is 0. The van der Waals surface area contributed by atoms with Crippen molar-refractivity contribution in [2.45, 2.75) is 46.6 Å². The summed E-state index contributed by atoms with van der Waals surface area (Å²) in [5.74, 6) is 1.43. The predicted octanol–water partition coefficient (Wildman–Crippen LogP) is 3.81. The normalized spacial score (nSPS) is 14.3. The van der Waals surface area contributed by atoms with Crippen molar-refractivity contribution in [1.82, 2.24) is 10.2 Å². The Kier molecular flexibility index (Phi) is 7.55. The van der Waals surface area contributed by atoms with Gasteiger partial charge in [0.2, 0.25) is 0 Å². The molecule has 2 aromatic rings. The van der Waals surface area contributed by atoms with Gasteiger partial charge in [0, 0.05) is 24.7 Å². The SMILES string of the molecule is CCOc1ccc(C(=O)N2CCC(NC(=O)COc3c(C)ccc(C)c3C)CC2)cc1. The molecule has 0 spiro atoms. The largest absolute Gasteiger partial charge is 0.494 e. The van der Waals surface area contributed by atoms with Crippen molar-refractivity contribution in [3.8, 4) is 11.5 Å². The first kappa shape index (κ1) is 22.7. The van der Waals surface area contributed by atoms with E-state index in [0.29, 0.717) is 25.3 Å². The Hall–Kier alpha value is -3.02. The van der Waals surface area contributed by atoms with E-state index in [0.717, 1.165) is 41.0 Å². The molecule has 0 atom stereocenters. The Morgan fingerprint density at radius 3 is 2.26 bits per heavy atom. The van der Waals surface area contributed by atoms with Crippen LogP contribution in [0.5, 0.6) is 11.5 Å². The third-order valence-corrected chi connectivity index (χ3v) is 5.78. The summed E-state index contributed by atoms with van der Waals surface area (Å²) in [4.78, 5) is 27.0. The van der Waals surface area contributed by atoms with Gasteiger partial charge in [-0.1, -0.05) is 12.1 Å². The number of carbonyl (C=O) groups is 2. The van der Waals surface area contributed by atoms with Crippen LogP contribution in [0.2, 0.25) is 0 Å². The second kappa shape index (κ2) is 10.3. The molecule has 0 unspecified atom stereocenters. The Morgan fingerprint density at radius 2 is 1.61 bits per heavy atom. The Labute approximate surface area is 184 Å². The number of rotatable bonds is 7. The van der Waals surface area contributed by atoms with Crippen molar-refractivity contribution in [3.05, 3.63) is 58.7 Å². The molecule has 2 amide bonds. The van der Waals surface area contributed by atoms with Gasteiger partial charge in [0.05, 0.1) is 6.61 Å². The number of amides is 2. The van der Waals surface area contributed by atoms with E-state index in [2.05, 4.69) is 11.4 Å². The lowest BCUT2D eigenvalue weighted by Crippen LogP contribution is -2.47. The first-order valence-electron chi connectivity index (χ1n) is 10.9. The molecule has 1 N–H and O–H groups in total. The lowest BCUT2D eigenvalue weighted by molar-refractivity contribution is -0.124. The van der Waals surface area contributed by atoms with Crippen LogP contribution >= 0.6 is 0 Å². The van der Waals surface area contributed by atoms with Crippen LogP contribution in [0.15, 0.2) is 36.4 Å². The number of piperidine rings is 1. The minimum absolute atomic E-state index is 0.00351. The van der Waals surface area contributed by atoms with E-state index < -0.39 is 0 Å². The molecule has 2 aromatic carbocycles. The van der Waals surface area contributed by atoms with Gasteiger partial charge >= 0.3 is 0 Å². The molecule has 6 heteroatoms. The molecule has 0 saturated carbocycles. The summed E-state index contributed by atoms with van der Waals surface area (Å²) in [6.07, 6.45) is 1.47. The first-order chi connectivity index (χ1) is 14.9. The summed E-state index contributed by atoms with van der Waals surface area (Å²) < 4.78 is 11.2. The van der Waals surface area contributed by atoms with Crippen molar-refractivity contribution < 1.29 is 19.1 Å². The molecule has 0 radical (unpaired) electrons. The van der Waals surface area contributed by atoms with E-state index in [1.54, 1.807) is 12.1 Å². The summed E-state index contributed by atoms with van der Waals surface area (Å²) in [6.45, 7) is 9.78. The highest BCUT2D eigenvalue weighted by Gasteiger charge is 2.25. The molecule has 1 heterocycles. The van der Waals surface area contributed by atoms with E-state index in [1.807, 2.05) is 50.8 Å². The molecule has 1 aliphatic rings. The third kappa shape index (κ3) is 5.78. The fourth-order valence-corrected chi connectivity index (χ4v) is 3.82. The fourth-order valence-electron chi connectivity index (χ4n) is 3.82. The lowest BCUT2D eigenvalue weighted by atomic mass is 10.0. The van der Waals surface area contributed by atoms with Gasteiger partial charge in [-0.15, -0.1) is 0 Å². The maximum absolute atomic E-state index is 12.7. The van der Waals surface area contributed by atoms with E-state index in [1.165, 1.54) is 0 Å². The van der Waals surface area contributed by atoms with Gasteiger partial charge in [-0.25, -0.2) is 0 Å². The summed E-state index contributed by atoms with van der Waals surface area (Å²) in [5.41, 5.74) is 3.89. The van der Waals surface area contributed by atoms with Crippen LogP contribution in [0.1, 0.15) is 46.8 Å². The van der Waals surface area contributed by atoms with Crippen LogP contribution in [0, 0.1) is 20.8 Å². The van der Waals surface area contributed by atoms with E-state index >= 15 is 0 Å². The monoisotopic (exact) mass is 424 g/mol. The zero-order chi connectivity index (χ0) is 22.4. The molecule has 166 valence electrons. The van der Waals surface area contributed by atoms with Crippen LogP contribution in [0.4, 0.5) is 0 Å². The summed E-state index contributed by atoms with van der Waals surface area (Å²) >= 11 is 0. The number of hydrogen-bond acceptors (Lipinski definition) is 4. The molecular weight excluding hydrogens is 392 g/mol. The number of benzene rings is 2. The second-order valence-corrected chi connectivity index (χ2v) is 8.03. The lowest BCUT2D eigenvalue weighted by Gasteiger charge is -2.32. The minimum atomic E-state index is -0.128. The van der Waals surface area contributed by atoms with Gasteiger partial charge in [-0.2, -0.15) is 0 Å². The van der Waals surface area contributed by atoms with Crippen molar-refractivity contribution in [3.63, 3.8) is 0 Å². The van der Waals surface area contributed by atoms with Crippen molar-refractivity contribution in [2.24, 2.45) is 0 Å². The smallest absolute Gasteiger partial charge is 0.258 e. The van der Waals surface area contributed by atoms with E-state index in [-0.39, 0.29) is 24.5 Å². The Bertz CT molecular complexity index is 916. The maximum atomic E-state index is 12.7. The molecule has 0 bridgehead atoms. The number of hydrogen-bond donors (Lipinski definition) is 1. The summed E-state index contributed by atoms with van der Waals surface area (Å²) in [5, 5.41) is 3.04. The number of carbonyl (C=O) groups excluding carboxylic acids is 2. The highest BCUT2D eigenvalue weighted by molar-refractivity contribution is 5.94. The molecule has 0 aromatic heterocycles. The average molecular weight is 425 g/mol. The van der Waals surface area contributed by atoms with Gasteiger partial charge in [-0.3, -0.25) is 9.59 Å². The van der Waals surface area contributed by atoms with Gasteiger partial charge in [0.1, 0.15) is 11.5 Å². The third-order valence-electron chi connectivity index (χ3n) is 5.78. The topological polar surface area (TPSA) is 67.9 Å². The molecular formula is C25H32N2O4. The molecule has 31 heavy (non-hydrogen) atoms. The van der Waals surface area contributed by atoms with E-state index in [4.69, 9.17) is 9.47 Å². The van der Waals surface area contributed by atoms with Gasteiger partial charge in [0.15, 0.2) is 6.61 Å². The number of aryl methyl sites for hydroxylation is 2. The highest BCUT2D eigenvalue weighted by atomic mass is 16.5. The fraction of sp³-hybridized carbons (Fsp3) is 0.440. The van der Waals surface area contributed by atoms with Crippen molar-refractivity contribution >= 4 is 11.8 Å². The van der Waals surface area contributed by atoms with Crippen LogP contribution in [-0.2, 0) is 4.79 Å². The first-order valence-corrected chi connectivity index (χ1v) is 10.9. The van der Waals surface area contributed by atoms with Gasteiger partial charge in [0.25, 0.3) is 11.8 Å². The molecule has 3 rings (SSSR count). The average Bonchev–Trinajstić information content (AvgIpc) is 2.77. The van der Waals surface area contributed by atoms with Gasteiger partial charge < -0.3 is 19.7 Å². The quantitative estimate of drug-likeness (QED) is 0.734. The standard InChI is InChI=1S/C25H32N2O4/c1-5-30-22-10-8-20(9-11-22)25(29)27-14-12-21(13-15-27)26-23(28)16-31-24-18(3)7-6-17(2)19(24)4/h6-11,21H,5,12-16H2,1-4H3,(H,26,28). The zero-order valence-electron chi connectivity index (χ0n) is 18.9. The number of nitrogens with one attached hydrogen (secondary N) is 1. The van der Waals surface area contributed by atoms with Crippen LogP contribution in [-0.4, -0.2) is 49.1 Å². The van der Waals surface area contributed by atoms with Gasteiger partial charge in [-0.05, 0) is 81.5 Å². The number of likely N-dealkylation sites (tertiary alicyclic amines) is 1. The number of ether oxygens (including phenoxy) is 2. The molecule has 1 saturated heterocycles. The highest BCUT2D eigenvalue weighted by Crippen LogP contribution is 2.25. The number of nitrogens with zero attached hydrogens (tertiary/aromatic N) is 1. The minimum Gasteiger partial charge on any atom is -0.494 e. The maximum Gasteiger partial charge on any atom is 0.258 e. The predicted molar refractivity (Wildman–Crippen MR) is 121 cm³/mol. The molecule has 1 aliphatic heterocycles. The summed E-state index contributed by atoms with van der Waals surface area (Å²) in [6, 6.07) is 11.4. The Morgan fingerprint density at radius 1 is 0.968 bits per heavy atom. The Balaban J connectivity index is 1.46. The van der Waals surface area contributed by atoms with Crippen LogP contribution < -0.4 is 14.8 Å². The van der Waals surface area contributed by atoms with Crippen LogP contribution in [0.25, 0.3) is 0 Å². The van der Waals surface area contributed by atoms with Crippen molar-refractivity contribution in [1.29, 1.82) is 0 Å². The zero-order valence-corrected chi connectivity index (χ0v) is 18.9. The molecule has 0 aliphatic carbocycles. The molecule has 6 nitrogen and oxygen atoms in total. The van der Waals surface area contributed by atoms with E-state index in [9.17, 15) is 9.59 Å². The second-order valence-electron chi connectivity index (χ2n) is 8.03.